The van der Waals surface area contributed by atoms with Crippen molar-refractivity contribution in [2.45, 2.75) is 12.8 Å². The maximum absolute atomic E-state index is 12.2. The number of hydrogen-bond donors (Lipinski definition) is 1. The van der Waals surface area contributed by atoms with Gasteiger partial charge in [0.2, 0.25) is 5.82 Å². The third kappa shape index (κ3) is 3.52. The first-order valence-corrected chi connectivity index (χ1v) is 7.93. The van der Waals surface area contributed by atoms with Gasteiger partial charge < -0.3 is 5.32 Å². The molecule has 0 aliphatic heterocycles. The minimum Gasteiger partial charge on any atom is -0.364 e. The highest BCUT2D eigenvalue weighted by Gasteiger charge is 2.22. The number of hydrogen-bond acceptors (Lipinski definition) is 6. The summed E-state index contributed by atoms with van der Waals surface area (Å²) in [6, 6.07) is 5.01. The van der Waals surface area contributed by atoms with Crippen LogP contribution in [0.4, 0.5) is 11.5 Å². The number of fused-ring (bicyclic) bond motifs is 1. The van der Waals surface area contributed by atoms with Crippen molar-refractivity contribution >= 4 is 28.9 Å². The molecule has 8 heteroatoms. The molecule has 0 atom stereocenters. The molecule has 2 aromatic heterocycles. The molecule has 0 bridgehead atoms. The van der Waals surface area contributed by atoms with Crippen LogP contribution < -0.4 is 10.9 Å². The number of nitrogens with one attached hydrogen (secondary N) is 1. The van der Waals surface area contributed by atoms with Crippen molar-refractivity contribution in [3.05, 3.63) is 44.9 Å². The molecule has 2 heterocycles. The molecule has 0 fully saturated rings. The van der Waals surface area contributed by atoms with Crippen molar-refractivity contribution in [3.63, 3.8) is 0 Å². The topological polar surface area (TPSA) is 89.5 Å². The van der Waals surface area contributed by atoms with Gasteiger partial charge in [0.1, 0.15) is 5.65 Å². The van der Waals surface area contributed by atoms with Gasteiger partial charge in [0.05, 0.1) is 4.92 Å². The summed E-state index contributed by atoms with van der Waals surface area (Å²) in [6.07, 6.45) is 5.38. The summed E-state index contributed by atoms with van der Waals surface area (Å²) >= 11 is 1.76. The van der Waals surface area contributed by atoms with Gasteiger partial charge in [0.15, 0.2) is 0 Å². The molecule has 1 N–H and O–H groups in total. The van der Waals surface area contributed by atoms with Gasteiger partial charge in [-0.3, -0.25) is 19.3 Å². The molecule has 0 radical (unpaired) electrons. The van der Waals surface area contributed by atoms with E-state index >= 15 is 0 Å². The number of nitrogens with zero attached hydrogens (tertiary/aromatic N) is 3. The Bertz CT molecular complexity index is 701. The third-order valence-corrected chi connectivity index (χ3v) is 3.66. The number of unbranched alkanes of at least 4 members (excludes halogenated alkanes) is 1. The molecule has 0 saturated carbocycles. The van der Waals surface area contributed by atoms with Crippen LogP contribution in [-0.2, 0) is 0 Å². The van der Waals surface area contributed by atoms with E-state index in [1.54, 1.807) is 30.0 Å². The van der Waals surface area contributed by atoms with Crippen molar-refractivity contribution < 1.29 is 4.92 Å². The Hall–Kier alpha value is -2.09. The first-order chi connectivity index (χ1) is 10.1. The van der Waals surface area contributed by atoms with Crippen LogP contribution in [0, 0.1) is 10.1 Å². The normalized spacial score (nSPS) is 10.7. The zero-order chi connectivity index (χ0) is 15.2. The summed E-state index contributed by atoms with van der Waals surface area (Å²) in [5.74, 6) is 1.08. The first kappa shape index (κ1) is 15.3. The fraction of sp³-hybridized carbons (Fsp3) is 0.385. The second-order valence-corrected chi connectivity index (χ2v) is 5.41. The summed E-state index contributed by atoms with van der Waals surface area (Å²) in [6.45, 7) is 0.552. The smallest absolute Gasteiger partial charge is 0.364 e. The second-order valence-electron chi connectivity index (χ2n) is 4.43. The van der Waals surface area contributed by atoms with E-state index in [-0.39, 0.29) is 5.82 Å². The van der Waals surface area contributed by atoms with E-state index in [9.17, 15) is 14.9 Å². The highest BCUT2D eigenvalue weighted by atomic mass is 32.2. The molecule has 0 saturated heterocycles. The summed E-state index contributed by atoms with van der Waals surface area (Å²) < 4.78 is 1.18. The van der Waals surface area contributed by atoms with Crippen molar-refractivity contribution in [3.8, 4) is 0 Å². The lowest BCUT2D eigenvalue weighted by molar-refractivity contribution is -0.385. The van der Waals surface area contributed by atoms with Gasteiger partial charge in [-0.1, -0.05) is 6.07 Å². The van der Waals surface area contributed by atoms with E-state index in [4.69, 9.17) is 0 Å². The molecule has 7 nitrogen and oxygen atoms in total. The van der Waals surface area contributed by atoms with E-state index in [1.165, 1.54) is 10.6 Å². The summed E-state index contributed by atoms with van der Waals surface area (Å²) in [5.41, 5.74) is -0.791. The molecule has 0 aromatic carbocycles. The molecule has 2 aromatic rings. The van der Waals surface area contributed by atoms with E-state index in [0.29, 0.717) is 12.2 Å². The van der Waals surface area contributed by atoms with E-state index in [2.05, 4.69) is 10.3 Å². The van der Waals surface area contributed by atoms with Gasteiger partial charge in [-0.05, 0) is 37.0 Å². The van der Waals surface area contributed by atoms with Gasteiger partial charge in [0, 0.05) is 12.7 Å². The molecular weight excluding hydrogens is 292 g/mol. The Morgan fingerprint density at radius 3 is 2.95 bits per heavy atom. The fourth-order valence-corrected chi connectivity index (χ4v) is 2.44. The average Bonchev–Trinajstić information content (AvgIpc) is 2.47. The molecule has 21 heavy (non-hydrogen) atoms. The number of aromatic nitrogens is 2. The number of thioether (sulfide) groups is 1. The molecule has 0 unspecified atom stereocenters. The number of rotatable bonds is 7. The molecule has 0 amide bonds. The Balaban J connectivity index is 2.31. The molecule has 0 spiro atoms. The van der Waals surface area contributed by atoms with E-state index < -0.39 is 16.2 Å². The van der Waals surface area contributed by atoms with E-state index in [1.807, 2.05) is 6.26 Å². The molecular formula is C13H16N4O3S. The zero-order valence-corrected chi connectivity index (χ0v) is 12.4. The van der Waals surface area contributed by atoms with Crippen LogP contribution in [0.5, 0.6) is 0 Å². The van der Waals surface area contributed by atoms with Crippen LogP contribution >= 0.6 is 11.8 Å². The average molecular weight is 308 g/mol. The Morgan fingerprint density at radius 1 is 1.43 bits per heavy atom. The summed E-state index contributed by atoms with van der Waals surface area (Å²) in [7, 11) is 0. The van der Waals surface area contributed by atoms with Crippen molar-refractivity contribution in [1.29, 1.82) is 0 Å². The minimum absolute atomic E-state index is 0.0420. The van der Waals surface area contributed by atoms with Crippen molar-refractivity contribution in [2.24, 2.45) is 0 Å². The highest BCUT2D eigenvalue weighted by Crippen LogP contribution is 2.18. The predicted octanol–water partition coefficient (Wildman–Crippen LogP) is 2.16. The van der Waals surface area contributed by atoms with Gasteiger partial charge in [-0.15, -0.1) is 0 Å². The van der Waals surface area contributed by atoms with Gasteiger partial charge >= 0.3 is 11.2 Å². The van der Waals surface area contributed by atoms with Crippen LogP contribution in [-0.4, -0.2) is 32.9 Å². The maximum Gasteiger partial charge on any atom is 0.376 e. The zero-order valence-electron chi connectivity index (χ0n) is 11.6. The third-order valence-electron chi connectivity index (χ3n) is 2.96. The summed E-state index contributed by atoms with van der Waals surface area (Å²) in [5, 5.41) is 14.0. The van der Waals surface area contributed by atoms with Crippen molar-refractivity contribution in [1.82, 2.24) is 9.38 Å². The van der Waals surface area contributed by atoms with Crippen molar-refractivity contribution in [2.75, 3.05) is 23.9 Å². The first-order valence-electron chi connectivity index (χ1n) is 6.53. The van der Waals surface area contributed by atoms with Gasteiger partial charge in [-0.25, -0.2) is 4.98 Å². The Morgan fingerprint density at radius 2 is 2.24 bits per heavy atom. The SMILES string of the molecule is CSCCCCNc1nc2ccccn2c(=O)c1[N+](=O)[O-]. The quantitative estimate of drug-likeness (QED) is 0.479. The Labute approximate surface area is 125 Å². The molecule has 112 valence electrons. The number of pyridine rings is 1. The van der Waals surface area contributed by atoms with E-state index in [0.717, 1.165) is 18.6 Å². The van der Waals surface area contributed by atoms with Crippen LogP contribution in [0.1, 0.15) is 12.8 Å². The minimum atomic E-state index is -0.682. The van der Waals surface area contributed by atoms with Crippen LogP contribution in [0.25, 0.3) is 5.65 Å². The maximum atomic E-state index is 12.2. The molecule has 2 rings (SSSR count). The standard InChI is InChI=1S/C13H16N4O3S/c1-21-9-5-3-7-14-12-11(17(19)20)13(18)16-8-4-2-6-10(16)15-12/h2,4,6,8,14H,3,5,7,9H2,1H3. The van der Waals surface area contributed by atoms with Gasteiger partial charge in [-0.2, -0.15) is 11.8 Å². The number of nitro groups is 1. The lowest BCUT2D eigenvalue weighted by atomic mass is 10.3. The monoisotopic (exact) mass is 308 g/mol. The lowest BCUT2D eigenvalue weighted by Crippen LogP contribution is -2.21. The lowest BCUT2D eigenvalue weighted by Gasteiger charge is -2.07. The highest BCUT2D eigenvalue weighted by molar-refractivity contribution is 7.98. The summed E-state index contributed by atoms with van der Waals surface area (Å²) in [4.78, 5) is 26.8. The largest absolute Gasteiger partial charge is 0.376 e. The molecule has 0 aliphatic carbocycles. The van der Waals surface area contributed by atoms with Gasteiger partial charge in [0.25, 0.3) is 0 Å². The number of anilines is 1. The second kappa shape index (κ2) is 7.07. The fourth-order valence-electron chi connectivity index (χ4n) is 1.95. The van der Waals surface area contributed by atoms with Crippen LogP contribution in [0.15, 0.2) is 29.2 Å². The Kier molecular flexibility index (Phi) is 5.15. The predicted molar refractivity (Wildman–Crippen MR) is 84.2 cm³/mol. The van der Waals surface area contributed by atoms with Crippen LogP contribution in [0.3, 0.4) is 0 Å². The molecule has 0 aliphatic rings. The van der Waals surface area contributed by atoms with Crippen LogP contribution in [0.2, 0.25) is 0 Å².